The van der Waals surface area contributed by atoms with E-state index in [0.29, 0.717) is 0 Å². The minimum Gasteiger partial charge on any atom is -0.0960 e. The molecule has 1 aliphatic heterocycles. The van der Waals surface area contributed by atoms with Gasteiger partial charge in [-0.15, -0.1) is 0 Å². The van der Waals surface area contributed by atoms with Crippen molar-refractivity contribution in [1.82, 2.24) is 0 Å². The quantitative estimate of drug-likeness (QED) is 0.648. The standard InChI is InChI=1S/C14H16S2/c1-2-3-4-5-8-12-11-15-13-9-6-7-10-14(13)16-12/h4-7,9-11H,2-3,8H2,1H3. The van der Waals surface area contributed by atoms with Crippen molar-refractivity contribution in [3.05, 3.63) is 46.7 Å². The van der Waals surface area contributed by atoms with Gasteiger partial charge in [0.05, 0.1) is 0 Å². The Morgan fingerprint density at radius 3 is 2.75 bits per heavy atom. The third-order valence-corrected chi connectivity index (χ3v) is 4.76. The van der Waals surface area contributed by atoms with Crippen molar-refractivity contribution < 1.29 is 0 Å². The molecule has 0 saturated heterocycles. The summed E-state index contributed by atoms with van der Waals surface area (Å²) in [5, 5.41) is 2.28. The topological polar surface area (TPSA) is 0 Å². The smallest absolute Gasteiger partial charge is 0.0258 e. The van der Waals surface area contributed by atoms with Crippen LogP contribution in [0, 0.1) is 0 Å². The zero-order chi connectivity index (χ0) is 11.2. The van der Waals surface area contributed by atoms with Gasteiger partial charge in [0.15, 0.2) is 0 Å². The molecule has 0 spiro atoms. The van der Waals surface area contributed by atoms with Gasteiger partial charge in [-0.3, -0.25) is 0 Å². The van der Waals surface area contributed by atoms with E-state index in [1.807, 2.05) is 23.5 Å². The lowest BCUT2D eigenvalue weighted by Gasteiger charge is -2.14. The Hall–Kier alpha value is -0.600. The van der Waals surface area contributed by atoms with E-state index in [-0.39, 0.29) is 0 Å². The molecule has 84 valence electrons. The molecule has 0 unspecified atom stereocenters. The van der Waals surface area contributed by atoms with Crippen LogP contribution in [-0.2, 0) is 0 Å². The van der Waals surface area contributed by atoms with Crippen LogP contribution < -0.4 is 0 Å². The molecular weight excluding hydrogens is 232 g/mol. The third kappa shape index (κ3) is 3.19. The summed E-state index contributed by atoms with van der Waals surface area (Å²) in [7, 11) is 0. The lowest BCUT2D eigenvalue weighted by molar-refractivity contribution is 0.954. The van der Waals surface area contributed by atoms with Crippen LogP contribution in [0.5, 0.6) is 0 Å². The second-order valence-corrected chi connectivity index (χ2v) is 5.79. The Morgan fingerprint density at radius 1 is 1.12 bits per heavy atom. The normalized spacial score (nSPS) is 14.9. The molecule has 0 bridgehead atoms. The molecule has 0 N–H and O–H groups in total. The molecule has 1 heterocycles. The van der Waals surface area contributed by atoms with E-state index >= 15 is 0 Å². The van der Waals surface area contributed by atoms with Crippen molar-refractivity contribution in [3.63, 3.8) is 0 Å². The van der Waals surface area contributed by atoms with Crippen LogP contribution in [0.1, 0.15) is 26.2 Å². The molecule has 0 nitrogen and oxygen atoms in total. The Kier molecular flexibility index (Phi) is 4.61. The van der Waals surface area contributed by atoms with Crippen molar-refractivity contribution in [2.24, 2.45) is 0 Å². The second kappa shape index (κ2) is 6.21. The molecule has 2 heteroatoms. The number of hydrogen-bond donors (Lipinski definition) is 0. The van der Waals surface area contributed by atoms with E-state index in [0.717, 1.165) is 6.42 Å². The monoisotopic (exact) mass is 248 g/mol. The first kappa shape index (κ1) is 11.9. The van der Waals surface area contributed by atoms with E-state index in [2.05, 4.69) is 48.7 Å². The third-order valence-electron chi connectivity index (χ3n) is 2.35. The molecule has 0 fully saturated rings. The van der Waals surface area contributed by atoms with Crippen molar-refractivity contribution in [2.75, 3.05) is 0 Å². The summed E-state index contributed by atoms with van der Waals surface area (Å²) in [6.45, 7) is 2.21. The minimum absolute atomic E-state index is 1.08. The summed E-state index contributed by atoms with van der Waals surface area (Å²) in [5.74, 6) is 0. The van der Waals surface area contributed by atoms with Crippen molar-refractivity contribution >= 4 is 23.5 Å². The molecule has 16 heavy (non-hydrogen) atoms. The Bertz CT molecular complexity index is 405. The fourth-order valence-corrected chi connectivity index (χ4v) is 3.58. The molecular formula is C14H16S2. The largest absolute Gasteiger partial charge is 0.0960 e. The molecule has 0 saturated carbocycles. The van der Waals surface area contributed by atoms with Gasteiger partial charge in [0.25, 0.3) is 0 Å². The van der Waals surface area contributed by atoms with Crippen molar-refractivity contribution in [1.29, 1.82) is 0 Å². The molecule has 0 aromatic heterocycles. The minimum atomic E-state index is 1.08. The highest BCUT2D eigenvalue weighted by atomic mass is 32.2. The maximum Gasteiger partial charge on any atom is 0.0258 e. The zero-order valence-electron chi connectivity index (χ0n) is 9.48. The molecule has 1 aliphatic rings. The van der Waals surface area contributed by atoms with Crippen LogP contribution in [0.25, 0.3) is 0 Å². The average Bonchev–Trinajstić information content (AvgIpc) is 2.34. The first-order valence-corrected chi connectivity index (χ1v) is 7.37. The van der Waals surface area contributed by atoms with E-state index in [1.165, 1.54) is 27.5 Å². The summed E-state index contributed by atoms with van der Waals surface area (Å²) < 4.78 is 0. The van der Waals surface area contributed by atoms with Crippen LogP contribution in [-0.4, -0.2) is 0 Å². The highest BCUT2D eigenvalue weighted by molar-refractivity contribution is 8.08. The number of thioether (sulfide) groups is 2. The SMILES string of the molecule is CCCC=CCC1=CSc2ccccc2S1. The number of unbranched alkanes of at least 4 members (excludes halogenated alkanes) is 1. The Balaban J connectivity index is 1.93. The maximum absolute atomic E-state index is 2.29. The molecule has 0 amide bonds. The lowest BCUT2D eigenvalue weighted by atomic mass is 10.3. The Labute approximate surface area is 106 Å². The number of hydrogen-bond acceptors (Lipinski definition) is 2. The Morgan fingerprint density at radius 2 is 1.94 bits per heavy atom. The van der Waals surface area contributed by atoms with Crippen molar-refractivity contribution in [2.45, 2.75) is 36.0 Å². The van der Waals surface area contributed by atoms with Gasteiger partial charge in [-0.05, 0) is 30.4 Å². The molecule has 2 rings (SSSR count). The fraction of sp³-hybridized carbons (Fsp3) is 0.286. The summed E-state index contributed by atoms with van der Waals surface area (Å²) in [6.07, 6.45) is 8.08. The van der Waals surface area contributed by atoms with Crippen LogP contribution in [0.15, 0.2) is 56.5 Å². The average molecular weight is 248 g/mol. The number of rotatable bonds is 4. The highest BCUT2D eigenvalue weighted by Gasteiger charge is 2.10. The summed E-state index contributed by atoms with van der Waals surface area (Å²) in [6, 6.07) is 8.61. The van der Waals surface area contributed by atoms with Gasteiger partial charge in [0.2, 0.25) is 0 Å². The fourth-order valence-electron chi connectivity index (χ4n) is 1.50. The van der Waals surface area contributed by atoms with Crippen LogP contribution in [0.3, 0.4) is 0 Å². The second-order valence-electron chi connectivity index (χ2n) is 3.72. The first-order chi connectivity index (χ1) is 7.90. The first-order valence-electron chi connectivity index (χ1n) is 5.67. The molecule has 1 aromatic rings. The summed E-state index contributed by atoms with van der Waals surface area (Å²) in [5.41, 5.74) is 0. The van der Waals surface area contributed by atoms with Gasteiger partial charge in [-0.2, -0.15) is 0 Å². The number of allylic oxidation sites excluding steroid dienone is 3. The summed E-state index contributed by atoms with van der Waals surface area (Å²) in [4.78, 5) is 4.23. The summed E-state index contributed by atoms with van der Waals surface area (Å²) >= 11 is 3.75. The van der Waals surface area contributed by atoms with E-state index < -0.39 is 0 Å². The van der Waals surface area contributed by atoms with Gasteiger partial charge < -0.3 is 0 Å². The van der Waals surface area contributed by atoms with Gasteiger partial charge >= 0.3 is 0 Å². The molecule has 0 atom stereocenters. The van der Waals surface area contributed by atoms with E-state index in [1.54, 1.807) is 0 Å². The maximum atomic E-state index is 2.29. The predicted octanol–water partition coefficient (Wildman–Crippen LogP) is 5.47. The number of benzene rings is 1. The highest BCUT2D eigenvalue weighted by Crippen LogP contribution is 2.43. The van der Waals surface area contributed by atoms with Crippen LogP contribution in [0.4, 0.5) is 0 Å². The molecule has 0 aliphatic carbocycles. The van der Waals surface area contributed by atoms with E-state index in [9.17, 15) is 0 Å². The van der Waals surface area contributed by atoms with Crippen molar-refractivity contribution in [3.8, 4) is 0 Å². The van der Waals surface area contributed by atoms with Gasteiger partial charge in [-0.25, -0.2) is 0 Å². The zero-order valence-corrected chi connectivity index (χ0v) is 11.1. The molecule has 0 radical (unpaired) electrons. The van der Waals surface area contributed by atoms with Gasteiger partial charge in [0, 0.05) is 14.7 Å². The van der Waals surface area contributed by atoms with Gasteiger partial charge in [0.1, 0.15) is 0 Å². The lowest BCUT2D eigenvalue weighted by Crippen LogP contribution is -1.84. The van der Waals surface area contributed by atoms with Crippen LogP contribution in [0.2, 0.25) is 0 Å². The van der Waals surface area contributed by atoms with Gasteiger partial charge in [-0.1, -0.05) is 61.2 Å². The molecule has 1 aromatic carbocycles. The van der Waals surface area contributed by atoms with E-state index in [4.69, 9.17) is 0 Å². The predicted molar refractivity (Wildman–Crippen MR) is 74.9 cm³/mol. The number of fused-ring (bicyclic) bond motifs is 1. The van der Waals surface area contributed by atoms with Crippen LogP contribution >= 0.6 is 23.5 Å².